The number of hydrogen-bond donors (Lipinski definition) is 1. The van der Waals surface area contributed by atoms with E-state index in [1.54, 1.807) is 18.2 Å². The zero-order valence-electron chi connectivity index (χ0n) is 14.3. The number of carbonyl (C=O) groups is 1. The fourth-order valence-electron chi connectivity index (χ4n) is 3.12. The highest BCUT2D eigenvalue weighted by Crippen LogP contribution is 2.26. The zero-order valence-corrected chi connectivity index (χ0v) is 15.8. The predicted molar refractivity (Wildman–Crippen MR) is 104 cm³/mol. The van der Waals surface area contributed by atoms with Gasteiger partial charge in [-0.15, -0.1) is 0 Å². The Balaban J connectivity index is 1.50. The van der Waals surface area contributed by atoms with Crippen LogP contribution >= 0.6 is 23.2 Å². The maximum atomic E-state index is 12.5. The molecule has 1 aliphatic heterocycles. The van der Waals surface area contributed by atoms with Crippen molar-refractivity contribution in [3.8, 4) is 0 Å². The van der Waals surface area contributed by atoms with E-state index in [1.807, 2.05) is 0 Å². The molecule has 3 rings (SSSR count). The van der Waals surface area contributed by atoms with Gasteiger partial charge in [-0.2, -0.15) is 0 Å². The van der Waals surface area contributed by atoms with Gasteiger partial charge in [-0.25, -0.2) is 0 Å². The van der Waals surface area contributed by atoms with Gasteiger partial charge >= 0.3 is 0 Å². The Labute approximate surface area is 158 Å². The van der Waals surface area contributed by atoms with Crippen molar-refractivity contribution in [1.82, 2.24) is 4.90 Å². The molecule has 0 radical (unpaired) electrons. The van der Waals surface area contributed by atoms with E-state index < -0.39 is 0 Å². The topological polar surface area (TPSA) is 32.3 Å². The van der Waals surface area contributed by atoms with Gasteiger partial charge in [0, 0.05) is 18.2 Å². The van der Waals surface area contributed by atoms with Crippen molar-refractivity contribution in [3.63, 3.8) is 0 Å². The summed E-state index contributed by atoms with van der Waals surface area (Å²) in [7, 11) is 0. The molecule has 2 aromatic rings. The molecule has 0 aliphatic carbocycles. The molecule has 5 heteroatoms. The molecular formula is C20H22Cl2N2O. The first-order valence-corrected chi connectivity index (χ1v) is 9.30. The molecule has 0 bridgehead atoms. The van der Waals surface area contributed by atoms with Crippen LogP contribution in [0.15, 0.2) is 42.5 Å². The Morgan fingerprint density at radius 2 is 1.76 bits per heavy atom. The summed E-state index contributed by atoms with van der Waals surface area (Å²) in [5.74, 6) is 0.108. The minimum atomic E-state index is 0.0451. The van der Waals surface area contributed by atoms with Crippen molar-refractivity contribution in [2.24, 2.45) is 5.92 Å². The molecule has 1 N–H and O–H groups in total. The number of nitrogens with zero attached hydrogens (tertiary/aromatic N) is 1. The maximum absolute atomic E-state index is 12.5. The molecule has 0 aromatic heterocycles. The van der Waals surface area contributed by atoms with E-state index in [1.165, 1.54) is 11.1 Å². The van der Waals surface area contributed by atoms with E-state index in [0.717, 1.165) is 32.5 Å². The molecule has 132 valence electrons. The summed E-state index contributed by atoms with van der Waals surface area (Å²) in [6, 6.07) is 13.8. The molecule has 1 aliphatic rings. The third-order valence-corrected chi connectivity index (χ3v) is 5.41. The summed E-state index contributed by atoms with van der Waals surface area (Å²) in [5.41, 5.74) is 3.30. The number of nitrogens with one attached hydrogen (secondary N) is 1. The van der Waals surface area contributed by atoms with Gasteiger partial charge < -0.3 is 5.32 Å². The number of hydrogen-bond acceptors (Lipinski definition) is 2. The van der Waals surface area contributed by atoms with Crippen LogP contribution in [0.5, 0.6) is 0 Å². The number of piperidine rings is 1. The third-order valence-electron chi connectivity index (χ3n) is 4.67. The normalized spacial score (nSPS) is 16.0. The van der Waals surface area contributed by atoms with Crippen LogP contribution in [0.3, 0.4) is 0 Å². The van der Waals surface area contributed by atoms with Crippen molar-refractivity contribution in [2.45, 2.75) is 26.3 Å². The summed E-state index contributed by atoms with van der Waals surface area (Å²) in [6.45, 7) is 4.92. The average molecular weight is 377 g/mol. The zero-order chi connectivity index (χ0) is 17.8. The van der Waals surface area contributed by atoms with Crippen LogP contribution < -0.4 is 5.32 Å². The van der Waals surface area contributed by atoms with Gasteiger partial charge in [0.1, 0.15) is 0 Å². The van der Waals surface area contributed by atoms with Crippen molar-refractivity contribution in [1.29, 1.82) is 0 Å². The van der Waals surface area contributed by atoms with Gasteiger partial charge in [0.2, 0.25) is 5.91 Å². The highest BCUT2D eigenvalue weighted by molar-refractivity contribution is 6.42. The average Bonchev–Trinajstić information content (AvgIpc) is 2.61. The second kappa shape index (κ2) is 8.22. The SMILES string of the molecule is Cc1ccc(CN2CCC(C(=O)Nc3ccc(Cl)c(Cl)c3)CC2)cc1. The maximum Gasteiger partial charge on any atom is 0.227 e. The Kier molecular flexibility index (Phi) is 6.00. The van der Waals surface area contributed by atoms with E-state index in [-0.39, 0.29) is 11.8 Å². The summed E-state index contributed by atoms with van der Waals surface area (Å²) in [5, 5.41) is 3.89. The predicted octanol–water partition coefficient (Wildman–Crippen LogP) is 5.15. The van der Waals surface area contributed by atoms with Crippen LogP contribution in [0.4, 0.5) is 5.69 Å². The Morgan fingerprint density at radius 3 is 2.40 bits per heavy atom. The number of amides is 1. The van der Waals surface area contributed by atoms with E-state index in [4.69, 9.17) is 23.2 Å². The minimum Gasteiger partial charge on any atom is -0.326 e. The van der Waals surface area contributed by atoms with Gasteiger partial charge in [-0.3, -0.25) is 9.69 Å². The van der Waals surface area contributed by atoms with Crippen LogP contribution in [-0.4, -0.2) is 23.9 Å². The second-order valence-electron chi connectivity index (χ2n) is 6.65. The molecule has 1 heterocycles. The summed E-state index contributed by atoms with van der Waals surface area (Å²) >= 11 is 11.9. The van der Waals surface area contributed by atoms with Gasteiger partial charge in [-0.05, 0) is 56.6 Å². The molecule has 1 saturated heterocycles. The fourth-order valence-corrected chi connectivity index (χ4v) is 3.42. The molecule has 0 unspecified atom stereocenters. The lowest BCUT2D eigenvalue weighted by molar-refractivity contribution is -0.121. The Morgan fingerprint density at radius 1 is 1.08 bits per heavy atom. The number of halogens is 2. The van der Waals surface area contributed by atoms with Crippen LogP contribution in [0.1, 0.15) is 24.0 Å². The van der Waals surface area contributed by atoms with E-state index in [2.05, 4.69) is 41.4 Å². The largest absolute Gasteiger partial charge is 0.326 e. The molecule has 25 heavy (non-hydrogen) atoms. The lowest BCUT2D eigenvalue weighted by Crippen LogP contribution is -2.37. The van der Waals surface area contributed by atoms with Gasteiger partial charge in [0.15, 0.2) is 0 Å². The van der Waals surface area contributed by atoms with Crippen molar-refractivity contribution < 1.29 is 4.79 Å². The first-order chi connectivity index (χ1) is 12.0. The molecule has 0 saturated carbocycles. The number of likely N-dealkylation sites (tertiary alicyclic amines) is 1. The second-order valence-corrected chi connectivity index (χ2v) is 7.47. The van der Waals surface area contributed by atoms with Gasteiger partial charge in [0.05, 0.1) is 10.0 Å². The summed E-state index contributed by atoms with van der Waals surface area (Å²) < 4.78 is 0. The Hall–Kier alpha value is -1.55. The van der Waals surface area contributed by atoms with Gasteiger partial charge in [0.25, 0.3) is 0 Å². The standard InChI is InChI=1S/C20H22Cl2N2O/c1-14-2-4-15(5-3-14)13-24-10-8-16(9-11-24)20(25)23-17-6-7-18(21)19(22)12-17/h2-7,12,16H,8-11,13H2,1H3,(H,23,25). The van der Waals surface area contributed by atoms with Crippen LogP contribution in [0, 0.1) is 12.8 Å². The molecule has 1 amide bonds. The first-order valence-electron chi connectivity index (χ1n) is 8.55. The molecule has 0 spiro atoms. The lowest BCUT2D eigenvalue weighted by atomic mass is 9.95. The minimum absolute atomic E-state index is 0.0451. The number of benzene rings is 2. The number of aryl methyl sites for hydroxylation is 1. The van der Waals surface area contributed by atoms with Crippen LogP contribution in [0.25, 0.3) is 0 Å². The third kappa shape index (κ3) is 4.97. The number of rotatable bonds is 4. The van der Waals surface area contributed by atoms with Crippen molar-refractivity contribution >= 4 is 34.8 Å². The highest BCUT2D eigenvalue weighted by atomic mass is 35.5. The molecule has 1 fully saturated rings. The smallest absolute Gasteiger partial charge is 0.227 e. The lowest BCUT2D eigenvalue weighted by Gasteiger charge is -2.31. The number of anilines is 1. The van der Waals surface area contributed by atoms with E-state index in [9.17, 15) is 4.79 Å². The van der Waals surface area contributed by atoms with E-state index >= 15 is 0 Å². The highest BCUT2D eigenvalue weighted by Gasteiger charge is 2.25. The molecule has 0 atom stereocenters. The summed E-state index contributed by atoms with van der Waals surface area (Å²) in [4.78, 5) is 14.9. The molecular weight excluding hydrogens is 355 g/mol. The monoisotopic (exact) mass is 376 g/mol. The molecule has 2 aromatic carbocycles. The van der Waals surface area contributed by atoms with E-state index in [0.29, 0.717) is 15.7 Å². The quantitative estimate of drug-likeness (QED) is 0.799. The number of carbonyl (C=O) groups excluding carboxylic acids is 1. The molecule has 3 nitrogen and oxygen atoms in total. The summed E-state index contributed by atoms with van der Waals surface area (Å²) in [6.07, 6.45) is 1.75. The van der Waals surface area contributed by atoms with Crippen molar-refractivity contribution in [3.05, 3.63) is 63.6 Å². The first kappa shape index (κ1) is 18.2. The van der Waals surface area contributed by atoms with Crippen LogP contribution in [0.2, 0.25) is 10.0 Å². The fraction of sp³-hybridized carbons (Fsp3) is 0.350. The Bertz CT molecular complexity index is 738. The van der Waals surface area contributed by atoms with Crippen LogP contribution in [-0.2, 0) is 11.3 Å². The van der Waals surface area contributed by atoms with Gasteiger partial charge in [-0.1, -0.05) is 53.0 Å². The van der Waals surface area contributed by atoms with Crippen molar-refractivity contribution in [2.75, 3.05) is 18.4 Å².